The topological polar surface area (TPSA) is 201 Å². The van der Waals surface area contributed by atoms with Crippen molar-refractivity contribution >= 4 is 47.7 Å². The van der Waals surface area contributed by atoms with Gasteiger partial charge in [-0.3, -0.25) is 19.2 Å². The first-order valence-electron chi connectivity index (χ1n) is 16.3. The van der Waals surface area contributed by atoms with Crippen LogP contribution in [0.25, 0.3) is 0 Å². The number of esters is 4. The molecule has 3 rings (SSSR count). The number of para-hydroxylation sites is 1. The van der Waals surface area contributed by atoms with Crippen LogP contribution in [-0.2, 0) is 54.1 Å². The molecule has 270 valence electrons. The Bertz CT molecular complexity index is 1590. The largest absolute Gasteiger partial charge is 0.505 e. The van der Waals surface area contributed by atoms with Crippen molar-refractivity contribution < 1.29 is 57.6 Å². The van der Waals surface area contributed by atoms with Crippen molar-refractivity contribution in [1.29, 1.82) is 0 Å². The third-order valence-electron chi connectivity index (χ3n) is 8.46. The second-order valence-corrected chi connectivity index (χ2v) is 13.0. The molecule has 1 aliphatic heterocycles. The molecule has 0 radical (unpaired) electrons. The van der Waals surface area contributed by atoms with Crippen LogP contribution in [0.4, 0.5) is 5.69 Å². The zero-order chi connectivity index (χ0) is 37.3. The second-order valence-electron chi connectivity index (χ2n) is 13.0. The molecular weight excluding hydrogens is 652 g/mol. The van der Waals surface area contributed by atoms with Gasteiger partial charge < -0.3 is 34.7 Å². The zero-order valence-corrected chi connectivity index (χ0v) is 29.1. The van der Waals surface area contributed by atoms with Gasteiger partial charge in [-0.25, -0.2) is 14.4 Å². The normalized spacial score (nSPS) is 24.0. The summed E-state index contributed by atoms with van der Waals surface area (Å²) in [5, 5.41) is 15.2. The summed E-state index contributed by atoms with van der Waals surface area (Å²) in [5.41, 5.74) is -1.75. The first-order valence-corrected chi connectivity index (χ1v) is 16.3. The zero-order valence-electron chi connectivity index (χ0n) is 29.1. The van der Waals surface area contributed by atoms with Gasteiger partial charge >= 0.3 is 23.9 Å². The van der Waals surface area contributed by atoms with Crippen molar-refractivity contribution in [2.75, 3.05) is 5.32 Å². The number of carbonyl (C=O) groups excluding carboxylic acids is 7. The minimum atomic E-state index is -1.91. The number of ether oxygens (including phenoxy) is 4. The minimum absolute atomic E-state index is 0.0971. The van der Waals surface area contributed by atoms with Crippen LogP contribution in [-0.4, -0.2) is 77.5 Å². The molecule has 2 aromatic rings. The highest BCUT2D eigenvalue weighted by Crippen LogP contribution is 2.29. The molecule has 1 fully saturated rings. The summed E-state index contributed by atoms with van der Waals surface area (Å²) in [6.07, 6.45) is -5.67. The molecule has 6 atom stereocenters. The maximum atomic E-state index is 14.0. The summed E-state index contributed by atoms with van der Waals surface area (Å²) in [7, 11) is 0. The highest BCUT2D eigenvalue weighted by molar-refractivity contribution is 6.06. The number of hydrogen-bond donors (Lipinski definition) is 3. The number of benzene rings is 2. The van der Waals surface area contributed by atoms with Gasteiger partial charge in [-0.05, 0) is 44.9 Å². The van der Waals surface area contributed by atoms with Crippen molar-refractivity contribution in [3.8, 4) is 5.75 Å². The van der Waals surface area contributed by atoms with E-state index < -0.39 is 89.0 Å². The van der Waals surface area contributed by atoms with E-state index in [1.165, 1.54) is 39.0 Å². The standard InChI is InChI=1S/C36H44N2O12/c1-8-20(4)29-34(45)47-21(5)26(38-31(42)23-15-12-16-24(27(23)40)37-18-39)32(43)49-28(19(2)3)33(44)48-25(17-22-13-10-9-11-14-22)30(41)36(6,7)35(46)50-29/h9-16,18-21,25-26,28-29,40H,8,17H2,1-7H3,(H,37,39)(H,38,42)/t20-,21+,25+,26-,28-,29-/m0/s1. The molecule has 14 heteroatoms. The Labute approximate surface area is 290 Å². The summed E-state index contributed by atoms with van der Waals surface area (Å²) in [6.45, 7) is 10.3. The monoisotopic (exact) mass is 696 g/mol. The molecule has 0 spiro atoms. The van der Waals surface area contributed by atoms with Crippen LogP contribution < -0.4 is 10.6 Å². The number of carbonyl (C=O) groups is 7. The van der Waals surface area contributed by atoms with Gasteiger partial charge in [0.05, 0.1) is 11.3 Å². The molecule has 2 aromatic carbocycles. The molecule has 0 unspecified atom stereocenters. The molecule has 1 aliphatic rings. The van der Waals surface area contributed by atoms with Gasteiger partial charge in [0.25, 0.3) is 5.91 Å². The van der Waals surface area contributed by atoms with Crippen LogP contribution in [0.15, 0.2) is 48.5 Å². The average molecular weight is 697 g/mol. The molecule has 50 heavy (non-hydrogen) atoms. The quantitative estimate of drug-likeness (QED) is 0.114. The predicted molar refractivity (Wildman–Crippen MR) is 177 cm³/mol. The van der Waals surface area contributed by atoms with E-state index in [9.17, 15) is 38.7 Å². The predicted octanol–water partition coefficient (Wildman–Crippen LogP) is 3.28. The smallest absolute Gasteiger partial charge is 0.348 e. The molecule has 14 nitrogen and oxygen atoms in total. The number of aromatic hydroxyl groups is 1. The fourth-order valence-electron chi connectivity index (χ4n) is 5.07. The fraction of sp³-hybridized carbons (Fsp3) is 0.472. The molecule has 1 heterocycles. The van der Waals surface area contributed by atoms with Crippen LogP contribution in [0.3, 0.4) is 0 Å². The number of hydrogen-bond acceptors (Lipinski definition) is 12. The number of rotatable bonds is 9. The van der Waals surface area contributed by atoms with Gasteiger partial charge in [0.15, 0.2) is 23.7 Å². The highest BCUT2D eigenvalue weighted by atomic mass is 16.6. The molecular formula is C36H44N2O12. The van der Waals surface area contributed by atoms with E-state index in [2.05, 4.69) is 10.6 Å². The van der Waals surface area contributed by atoms with Crippen LogP contribution in [0, 0.1) is 17.3 Å². The number of amides is 2. The Morgan fingerprint density at radius 2 is 1.52 bits per heavy atom. The van der Waals surface area contributed by atoms with Crippen molar-refractivity contribution in [3.05, 3.63) is 59.7 Å². The van der Waals surface area contributed by atoms with Gasteiger partial charge in [-0.2, -0.15) is 0 Å². The molecule has 3 N–H and O–H groups in total. The van der Waals surface area contributed by atoms with Crippen molar-refractivity contribution in [2.45, 2.75) is 91.8 Å². The van der Waals surface area contributed by atoms with E-state index in [4.69, 9.17) is 18.9 Å². The molecule has 0 saturated carbocycles. The first kappa shape index (κ1) is 39.2. The van der Waals surface area contributed by atoms with E-state index in [0.717, 1.165) is 0 Å². The summed E-state index contributed by atoms with van der Waals surface area (Å²) in [6, 6.07) is 10.7. The number of anilines is 1. The van der Waals surface area contributed by atoms with Crippen molar-refractivity contribution in [3.63, 3.8) is 0 Å². The van der Waals surface area contributed by atoms with Crippen LogP contribution >= 0.6 is 0 Å². The molecule has 0 aromatic heterocycles. The Morgan fingerprint density at radius 3 is 2.12 bits per heavy atom. The van der Waals surface area contributed by atoms with Crippen LogP contribution in [0.1, 0.15) is 70.8 Å². The number of phenols is 1. The van der Waals surface area contributed by atoms with Gasteiger partial charge in [0.1, 0.15) is 11.5 Å². The van der Waals surface area contributed by atoms with Gasteiger partial charge in [0.2, 0.25) is 18.6 Å². The number of phenolic OH excluding ortho intramolecular Hbond substituents is 1. The van der Waals surface area contributed by atoms with Gasteiger partial charge in [-0.15, -0.1) is 0 Å². The fourth-order valence-corrected chi connectivity index (χ4v) is 5.07. The lowest BCUT2D eigenvalue weighted by Crippen LogP contribution is -2.52. The Morgan fingerprint density at radius 1 is 0.880 bits per heavy atom. The summed E-state index contributed by atoms with van der Waals surface area (Å²) in [5.74, 6) is -8.24. The Balaban J connectivity index is 2.12. The SMILES string of the molecule is CC[C@H](C)[C@@H]1OC(=O)C(C)(C)C(=O)[C@@H](Cc2ccccc2)OC(=O)[C@H](C(C)C)OC(=O)[C@@H](NC(=O)c2cccc(NC=O)c2O)[C@@H](C)OC1=O. The minimum Gasteiger partial charge on any atom is -0.505 e. The third kappa shape index (κ3) is 9.24. The lowest BCUT2D eigenvalue weighted by atomic mass is 9.83. The van der Waals surface area contributed by atoms with Crippen LogP contribution in [0.5, 0.6) is 5.75 Å². The van der Waals surface area contributed by atoms with Crippen molar-refractivity contribution in [2.24, 2.45) is 17.3 Å². The van der Waals surface area contributed by atoms with Crippen molar-refractivity contribution in [1.82, 2.24) is 5.32 Å². The van der Waals surface area contributed by atoms with E-state index >= 15 is 0 Å². The average Bonchev–Trinajstić information content (AvgIpc) is 3.07. The summed E-state index contributed by atoms with van der Waals surface area (Å²) in [4.78, 5) is 93.1. The van der Waals surface area contributed by atoms with E-state index in [0.29, 0.717) is 18.4 Å². The van der Waals surface area contributed by atoms with E-state index in [1.807, 2.05) is 0 Å². The number of nitrogens with one attached hydrogen (secondary N) is 2. The van der Waals surface area contributed by atoms with Crippen LogP contribution in [0.2, 0.25) is 0 Å². The maximum absolute atomic E-state index is 14.0. The summed E-state index contributed by atoms with van der Waals surface area (Å²) < 4.78 is 22.5. The lowest BCUT2D eigenvalue weighted by molar-refractivity contribution is -0.183. The second kappa shape index (κ2) is 16.9. The van der Waals surface area contributed by atoms with E-state index in [1.54, 1.807) is 58.0 Å². The highest BCUT2D eigenvalue weighted by Gasteiger charge is 2.47. The number of cyclic esters (lactones) is 4. The van der Waals surface area contributed by atoms with Gasteiger partial charge in [0, 0.05) is 18.3 Å². The molecule has 2 amide bonds. The van der Waals surface area contributed by atoms with Gasteiger partial charge in [-0.1, -0.05) is 64.1 Å². The lowest BCUT2D eigenvalue weighted by Gasteiger charge is -2.30. The first-order chi connectivity index (χ1) is 23.5. The summed E-state index contributed by atoms with van der Waals surface area (Å²) >= 11 is 0. The molecule has 0 bridgehead atoms. The maximum Gasteiger partial charge on any atom is 0.348 e. The third-order valence-corrected chi connectivity index (χ3v) is 8.46. The Hall–Kier alpha value is -5.27. The molecule has 1 saturated heterocycles. The van der Waals surface area contributed by atoms with E-state index in [-0.39, 0.29) is 17.7 Å². The number of ketones is 1. The Kier molecular flexibility index (Phi) is 13.2. The molecule has 0 aliphatic carbocycles. The number of Topliss-reactive ketones (excluding diaryl/α,β-unsaturated/α-hetero) is 1.